The van der Waals surface area contributed by atoms with Crippen LogP contribution in [0.2, 0.25) is 5.02 Å². The lowest BCUT2D eigenvalue weighted by atomic mass is 9.69. The van der Waals surface area contributed by atoms with Gasteiger partial charge in [0.1, 0.15) is 5.82 Å². The Hall–Kier alpha value is -2.89. The molecule has 35 heavy (non-hydrogen) atoms. The Balaban J connectivity index is 1.45. The third-order valence-electron chi connectivity index (χ3n) is 7.14. The number of hydrogen-bond donors (Lipinski definition) is 1. The van der Waals surface area contributed by atoms with Crippen LogP contribution in [0.5, 0.6) is 0 Å². The van der Waals surface area contributed by atoms with Crippen molar-refractivity contribution in [1.82, 2.24) is 10.2 Å². The highest BCUT2D eigenvalue weighted by Gasteiger charge is 2.33. The Morgan fingerprint density at radius 2 is 1.51 bits per heavy atom. The molecule has 184 valence electrons. The Morgan fingerprint density at radius 1 is 0.857 bits per heavy atom. The van der Waals surface area contributed by atoms with Crippen LogP contribution in [0.3, 0.4) is 0 Å². The molecule has 4 nitrogen and oxygen atoms in total. The summed E-state index contributed by atoms with van der Waals surface area (Å²) in [6, 6.07) is 25.5. The van der Waals surface area contributed by atoms with Gasteiger partial charge in [0.15, 0.2) is 0 Å². The Kier molecular flexibility index (Phi) is 8.78. The predicted molar refractivity (Wildman–Crippen MR) is 142 cm³/mol. The second-order valence-electron chi connectivity index (χ2n) is 9.19. The minimum Gasteiger partial charge on any atom is -0.369 e. The second-order valence-corrected chi connectivity index (χ2v) is 9.62. The monoisotopic (exact) mass is 493 g/mol. The van der Waals surface area contributed by atoms with Crippen LogP contribution in [0.1, 0.15) is 30.4 Å². The average molecular weight is 494 g/mol. The number of anilines is 1. The van der Waals surface area contributed by atoms with Gasteiger partial charge >= 0.3 is 0 Å². The number of piperazine rings is 1. The van der Waals surface area contributed by atoms with Gasteiger partial charge in [0.25, 0.3) is 0 Å². The fourth-order valence-electron chi connectivity index (χ4n) is 5.23. The van der Waals surface area contributed by atoms with Gasteiger partial charge in [0.05, 0.1) is 0 Å². The Labute approximate surface area is 212 Å². The number of benzene rings is 3. The summed E-state index contributed by atoms with van der Waals surface area (Å²) in [4.78, 5) is 15.9. The van der Waals surface area contributed by atoms with E-state index in [4.69, 9.17) is 11.6 Å². The van der Waals surface area contributed by atoms with Crippen LogP contribution in [0.25, 0.3) is 0 Å². The number of nitrogens with zero attached hydrogens (tertiary/aromatic N) is 2. The maximum atomic E-state index is 13.3. The molecule has 0 bridgehead atoms. The summed E-state index contributed by atoms with van der Waals surface area (Å²) in [5.41, 5.74) is 3.36. The number of rotatable bonds is 11. The number of amides is 1. The first-order chi connectivity index (χ1) is 17.1. The van der Waals surface area contributed by atoms with Crippen molar-refractivity contribution < 1.29 is 9.18 Å². The van der Waals surface area contributed by atoms with E-state index in [9.17, 15) is 9.18 Å². The van der Waals surface area contributed by atoms with Crippen LogP contribution in [0.15, 0.2) is 78.9 Å². The SMILES string of the molecule is O=CNCCC(CCCN1CCN(c2ccc(F)cc2)CC1)(c1ccccc1)c1ccc(Cl)cc1. The lowest BCUT2D eigenvalue weighted by Crippen LogP contribution is -2.47. The molecule has 1 amide bonds. The van der Waals surface area contributed by atoms with Crippen molar-refractivity contribution in [2.24, 2.45) is 0 Å². The van der Waals surface area contributed by atoms with E-state index < -0.39 is 0 Å². The van der Waals surface area contributed by atoms with Crippen LogP contribution in [-0.4, -0.2) is 50.6 Å². The average Bonchev–Trinajstić information content (AvgIpc) is 2.90. The second kappa shape index (κ2) is 12.2. The molecular weight excluding hydrogens is 461 g/mol. The van der Waals surface area contributed by atoms with E-state index >= 15 is 0 Å². The van der Waals surface area contributed by atoms with Gasteiger partial charge in [0.2, 0.25) is 6.41 Å². The zero-order valence-electron chi connectivity index (χ0n) is 20.0. The normalized spacial score (nSPS) is 16.0. The number of carbonyl (C=O) groups excluding carboxylic acids is 1. The van der Waals surface area contributed by atoms with Gasteiger partial charge in [-0.25, -0.2) is 4.39 Å². The molecule has 1 fully saturated rings. The van der Waals surface area contributed by atoms with E-state index in [1.807, 2.05) is 30.3 Å². The summed E-state index contributed by atoms with van der Waals surface area (Å²) in [7, 11) is 0. The molecule has 0 spiro atoms. The zero-order valence-corrected chi connectivity index (χ0v) is 20.8. The third-order valence-corrected chi connectivity index (χ3v) is 7.40. The van der Waals surface area contributed by atoms with E-state index in [0.29, 0.717) is 6.54 Å². The number of halogens is 2. The molecule has 1 unspecified atom stereocenters. The third kappa shape index (κ3) is 6.41. The summed E-state index contributed by atoms with van der Waals surface area (Å²) in [5, 5.41) is 3.59. The Morgan fingerprint density at radius 3 is 2.17 bits per heavy atom. The van der Waals surface area contributed by atoms with Crippen molar-refractivity contribution in [2.45, 2.75) is 24.7 Å². The van der Waals surface area contributed by atoms with Crippen LogP contribution in [0, 0.1) is 5.82 Å². The molecular formula is C29H33ClFN3O. The summed E-state index contributed by atoms with van der Waals surface area (Å²) >= 11 is 6.22. The van der Waals surface area contributed by atoms with Crippen LogP contribution in [0.4, 0.5) is 10.1 Å². The minimum atomic E-state index is -0.211. The Bertz CT molecular complexity index is 1050. The van der Waals surface area contributed by atoms with E-state index in [-0.39, 0.29) is 11.2 Å². The van der Waals surface area contributed by atoms with Crippen LogP contribution < -0.4 is 10.2 Å². The molecule has 1 saturated heterocycles. The van der Waals surface area contributed by atoms with E-state index in [2.05, 4.69) is 51.5 Å². The van der Waals surface area contributed by atoms with Crippen molar-refractivity contribution in [3.63, 3.8) is 0 Å². The van der Waals surface area contributed by atoms with Crippen molar-refractivity contribution in [1.29, 1.82) is 0 Å². The molecule has 0 saturated carbocycles. The zero-order chi connectivity index (χ0) is 24.5. The van der Waals surface area contributed by atoms with E-state index in [1.54, 1.807) is 0 Å². The first-order valence-corrected chi connectivity index (χ1v) is 12.7. The van der Waals surface area contributed by atoms with Crippen molar-refractivity contribution in [2.75, 3.05) is 44.2 Å². The highest BCUT2D eigenvalue weighted by molar-refractivity contribution is 6.30. The molecule has 0 radical (unpaired) electrons. The lowest BCUT2D eigenvalue weighted by molar-refractivity contribution is -0.109. The molecule has 1 heterocycles. The van der Waals surface area contributed by atoms with Crippen LogP contribution >= 0.6 is 11.6 Å². The van der Waals surface area contributed by atoms with Gasteiger partial charge in [-0.3, -0.25) is 9.69 Å². The molecule has 1 N–H and O–H groups in total. The standard InChI is InChI=1S/C29H33ClFN3O/c30-26-9-7-25(8-10-26)29(16-17-32-23-35,24-5-2-1-3-6-24)15-4-18-33-19-21-34(22-20-33)28-13-11-27(31)12-14-28/h1-3,5-14,23H,4,15-22H2,(H,32,35). The molecule has 3 aromatic carbocycles. The van der Waals surface area contributed by atoms with Gasteiger partial charge < -0.3 is 10.2 Å². The summed E-state index contributed by atoms with van der Waals surface area (Å²) < 4.78 is 13.3. The highest BCUT2D eigenvalue weighted by atomic mass is 35.5. The quantitative estimate of drug-likeness (QED) is 0.283. The maximum Gasteiger partial charge on any atom is 0.207 e. The lowest BCUT2D eigenvalue weighted by Gasteiger charge is -2.38. The van der Waals surface area contributed by atoms with Gasteiger partial charge in [0, 0.05) is 48.8 Å². The minimum absolute atomic E-state index is 0.196. The first kappa shape index (κ1) is 25.2. The van der Waals surface area contributed by atoms with Crippen molar-refractivity contribution >= 4 is 23.7 Å². The predicted octanol–water partition coefficient (Wildman–Crippen LogP) is 5.50. The molecule has 6 heteroatoms. The fourth-order valence-corrected chi connectivity index (χ4v) is 5.35. The van der Waals surface area contributed by atoms with Crippen molar-refractivity contribution in [3.8, 4) is 0 Å². The van der Waals surface area contributed by atoms with Crippen LogP contribution in [-0.2, 0) is 10.2 Å². The first-order valence-electron chi connectivity index (χ1n) is 12.3. The smallest absolute Gasteiger partial charge is 0.207 e. The van der Waals surface area contributed by atoms with Gasteiger partial charge in [-0.05, 0) is 73.3 Å². The molecule has 3 aromatic rings. The van der Waals surface area contributed by atoms with Gasteiger partial charge in [-0.2, -0.15) is 0 Å². The summed E-state index contributed by atoms with van der Waals surface area (Å²) in [5.74, 6) is -0.196. The molecule has 0 aromatic heterocycles. The molecule has 0 aliphatic carbocycles. The molecule has 4 rings (SSSR count). The molecule has 1 aliphatic rings. The van der Waals surface area contributed by atoms with Gasteiger partial charge in [-0.15, -0.1) is 0 Å². The largest absolute Gasteiger partial charge is 0.369 e. The number of carbonyl (C=O) groups is 1. The number of hydrogen-bond acceptors (Lipinski definition) is 3. The number of nitrogens with one attached hydrogen (secondary N) is 1. The topological polar surface area (TPSA) is 35.6 Å². The highest BCUT2D eigenvalue weighted by Crippen LogP contribution is 2.40. The van der Waals surface area contributed by atoms with E-state index in [0.717, 1.165) is 69.1 Å². The van der Waals surface area contributed by atoms with E-state index in [1.165, 1.54) is 23.3 Å². The van der Waals surface area contributed by atoms with Crippen molar-refractivity contribution in [3.05, 3.63) is 101 Å². The van der Waals surface area contributed by atoms with Gasteiger partial charge in [-0.1, -0.05) is 54.1 Å². The maximum absolute atomic E-state index is 13.3. The molecule has 1 aliphatic heterocycles. The summed E-state index contributed by atoms with van der Waals surface area (Å²) in [6.45, 7) is 5.48. The fraction of sp³-hybridized carbons (Fsp3) is 0.345. The molecule has 1 atom stereocenters. The summed E-state index contributed by atoms with van der Waals surface area (Å²) in [6.07, 6.45) is 3.60.